The van der Waals surface area contributed by atoms with Gasteiger partial charge in [0.15, 0.2) is 0 Å². The normalized spacial score (nSPS) is 29.4. The van der Waals surface area contributed by atoms with Crippen LogP contribution in [0.2, 0.25) is 0 Å². The van der Waals surface area contributed by atoms with E-state index in [1.807, 2.05) is 0 Å². The second kappa shape index (κ2) is 5.66. The summed E-state index contributed by atoms with van der Waals surface area (Å²) in [6, 6.07) is 0.396. The Balaban J connectivity index is 2.32. The molecular formula is C10H22N2O2. The van der Waals surface area contributed by atoms with Crippen LogP contribution in [0.4, 0.5) is 0 Å². The van der Waals surface area contributed by atoms with Crippen LogP contribution in [0.5, 0.6) is 0 Å². The van der Waals surface area contributed by atoms with Gasteiger partial charge in [-0.1, -0.05) is 0 Å². The van der Waals surface area contributed by atoms with E-state index in [0.717, 1.165) is 25.9 Å². The monoisotopic (exact) mass is 202 g/mol. The fourth-order valence-corrected chi connectivity index (χ4v) is 1.93. The van der Waals surface area contributed by atoms with Gasteiger partial charge >= 0.3 is 0 Å². The van der Waals surface area contributed by atoms with E-state index in [0.29, 0.717) is 19.2 Å². The van der Waals surface area contributed by atoms with E-state index in [1.165, 1.54) is 0 Å². The van der Waals surface area contributed by atoms with Gasteiger partial charge in [0.1, 0.15) is 0 Å². The zero-order valence-corrected chi connectivity index (χ0v) is 8.96. The number of hydrogen-bond acceptors (Lipinski definition) is 4. The molecule has 4 N–H and O–H groups in total. The summed E-state index contributed by atoms with van der Waals surface area (Å²) in [5, 5.41) is 12.2. The Morgan fingerprint density at radius 3 is 2.93 bits per heavy atom. The van der Waals surface area contributed by atoms with Gasteiger partial charge in [-0.25, -0.2) is 0 Å². The smallest absolute Gasteiger partial charge is 0.0661 e. The first kappa shape index (κ1) is 11.9. The van der Waals surface area contributed by atoms with E-state index in [-0.39, 0.29) is 12.1 Å². The van der Waals surface area contributed by atoms with Crippen molar-refractivity contribution in [2.24, 2.45) is 5.73 Å². The largest absolute Gasteiger partial charge is 0.396 e. The fraction of sp³-hybridized carbons (Fsp3) is 1.00. The molecule has 4 nitrogen and oxygen atoms in total. The lowest BCUT2D eigenvalue weighted by Crippen LogP contribution is -2.55. The average molecular weight is 202 g/mol. The van der Waals surface area contributed by atoms with Crippen molar-refractivity contribution >= 4 is 0 Å². The van der Waals surface area contributed by atoms with Crippen LogP contribution in [0.3, 0.4) is 0 Å². The highest BCUT2D eigenvalue weighted by molar-refractivity contribution is 4.94. The molecule has 0 bridgehead atoms. The summed E-state index contributed by atoms with van der Waals surface area (Å²) in [5.74, 6) is 0. The summed E-state index contributed by atoms with van der Waals surface area (Å²) >= 11 is 0. The van der Waals surface area contributed by atoms with E-state index in [4.69, 9.17) is 15.6 Å². The van der Waals surface area contributed by atoms with Crippen molar-refractivity contribution in [3.05, 3.63) is 0 Å². The van der Waals surface area contributed by atoms with Gasteiger partial charge in [-0.3, -0.25) is 0 Å². The molecule has 0 aromatic carbocycles. The van der Waals surface area contributed by atoms with Crippen molar-refractivity contribution in [2.75, 3.05) is 26.4 Å². The standard InChI is InChI=1S/C10H22N2O2/c1-9(3-2-5-13)12-10(7-11)4-6-14-8-10/h9,12-13H,2-8,11H2,1H3. The molecule has 0 amide bonds. The molecule has 0 aromatic heterocycles. The summed E-state index contributed by atoms with van der Waals surface area (Å²) in [5.41, 5.74) is 5.73. The molecule has 0 aromatic rings. The van der Waals surface area contributed by atoms with Gasteiger partial charge in [0.2, 0.25) is 0 Å². The Morgan fingerprint density at radius 1 is 1.64 bits per heavy atom. The fourth-order valence-electron chi connectivity index (χ4n) is 1.93. The minimum absolute atomic E-state index is 0.0190. The molecule has 1 fully saturated rings. The average Bonchev–Trinajstić information content (AvgIpc) is 2.64. The lowest BCUT2D eigenvalue weighted by molar-refractivity contribution is 0.162. The van der Waals surface area contributed by atoms with Crippen LogP contribution in [0.25, 0.3) is 0 Å². The first-order chi connectivity index (χ1) is 6.72. The van der Waals surface area contributed by atoms with Crippen molar-refractivity contribution in [3.63, 3.8) is 0 Å². The zero-order valence-electron chi connectivity index (χ0n) is 8.96. The molecule has 0 saturated carbocycles. The zero-order chi connectivity index (χ0) is 10.4. The Hall–Kier alpha value is -0.160. The van der Waals surface area contributed by atoms with Crippen LogP contribution in [0.1, 0.15) is 26.2 Å². The molecule has 1 rings (SSSR count). The van der Waals surface area contributed by atoms with Gasteiger partial charge in [-0.2, -0.15) is 0 Å². The predicted molar refractivity (Wildman–Crippen MR) is 56.1 cm³/mol. The third-order valence-corrected chi connectivity index (χ3v) is 2.84. The minimum atomic E-state index is -0.0190. The molecule has 1 heterocycles. The molecule has 0 radical (unpaired) electrons. The Labute approximate surface area is 85.8 Å². The van der Waals surface area contributed by atoms with Crippen LogP contribution in [0, 0.1) is 0 Å². The molecule has 14 heavy (non-hydrogen) atoms. The maximum atomic E-state index is 8.72. The molecular weight excluding hydrogens is 180 g/mol. The van der Waals surface area contributed by atoms with Gasteiger partial charge in [0.05, 0.1) is 12.1 Å². The first-order valence-electron chi connectivity index (χ1n) is 5.39. The Morgan fingerprint density at radius 2 is 2.43 bits per heavy atom. The molecule has 0 spiro atoms. The molecule has 1 saturated heterocycles. The molecule has 2 atom stereocenters. The Bertz CT molecular complexity index is 158. The van der Waals surface area contributed by atoms with Crippen molar-refractivity contribution in [2.45, 2.75) is 37.8 Å². The number of nitrogens with one attached hydrogen (secondary N) is 1. The highest BCUT2D eigenvalue weighted by Gasteiger charge is 2.34. The number of rotatable bonds is 6. The molecule has 4 heteroatoms. The van der Waals surface area contributed by atoms with Crippen molar-refractivity contribution in [1.82, 2.24) is 5.32 Å². The molecule has 2 unspecified atom stereocenters. The van der Waals surface area contributed by atoms with E-state index >= 15 is 0 Å². The quantitative estimate of drug-likeness (QED) is 0.560. The van der Waals surface area contributed by atoms with Crippen LogP contribution < -0.4 is 11.1 Å². The van der Waals surface area contributed by atoms with Gasteiger partial charge in [-0.05, 0) is 26.2 Å². The molecule has 1 aliphatic heterocycles. The van der Waals surface area contributed by atoms with Crippen molar-refractivity contribution < 1.29 is 9.84 Å². The van der Waals surface area contributed by atoms with Crippen molar-refractivity contribution in [1.29, 1.82) is 0 Å². The number of aliphatic hydroxyl groups excluding tert-OH is 1. The third-order valence-electron chi connectivity index (χ3n) is 2.84. The summed E-state index contributed by atoms with van der Waals surface area (Å²) in [7, 11) is 0. The maximum Gasteiger partial charge on any atom is 0.0661 e. The van der Waals surface area contributed by atoms with Gasteiger partial charge in [0.25, 0.3) is 0 Å². The lowest BCUT2D eigenvalue weighted by Gasteiger charge is -2.31. The lowest BCUT2D eigenvalue weighted by atomic mass is 9.97. The number of hydrogen-bond donors (Lipinski definition) is 3. The van der Waals surface area contributed by atoms with Gasteiger partial charge in [0, 0.05) is 25.8 Å². The predicted octanol–water partition coefficient (Wildman–Crippen LogP) is -0.145. The topological polar surface area (TPSA) is 67.5 Å². The van der Waals surface area contributed by atoms with E-state index in [1.54, 1.807) is 0 Å². The van der Waals surface area contributed by atoms with Gasteiger partial charge < -0.3 is 20.9 Å². The number of aliphatic hydroxyl groups is 1. The number of ether oxygens (including phenoxy) is 1. The summed E-state index contributed by atoms with van der Waals surface area (Å²) in [6.07, 6.45) is 2.82. The highest BCUT2D eigenvalue weighted by Crippen LogP contribution is 2.18. The second-order valence-electron chi connectivity index (χ2n) is 4.20. The van der Waals surface area contributed by atoms with Crippen LogP contribution in [0.15, 0.2) is 0 Å². The highest BCUT2D eigenvalue weighted by atomic mass is 16.5. The summed E-state index contributed by atoms with van der Waals surface area (Å²) in [6.45, 7) is 4.53. The molecule has 84 valence electrons. The Kier molecular flexibility index (Phi) is 4.81. The SMILES string of the molecule is CC(CCCO)NC1(CN)CCOC1. The third kappa shape index (κ3) is 3.20. The van der Waals surface area contributed by atoms with Crippen LogP contribution in [-0.4, -0.2) is 43.1 Å². The van der Waals surface area contributed by atoms with E-state index in [2.05, 4.69) is 12.2 Å². The first-order valence-corrected chi connectivity index (χ1v) is 5.39. The summed E-state index contributed by atoms with van der Waals surface area (Å²) in [4.78, 5) is 0. The number of nitrogens with two attached hydrogens (primary N) is 1. The summed E-state index contributed by atoms with van der Waals surface area (Å²) < 4.78 is 5.36. The maximum absolute atomic E-state index is 8.72. The molecule has 1 aliphatic rings. The van der Waals surface area contributed by atoms with Gasteiger partial charge in [-0.15, -0.1) is 0 Å². The minimum Gasteiger partial charge on any atom is -0.396 e. The van der Waals surface area contributed by atoms with Crippen LogP contribution in [-0.2, 0) is 4.74 Å². The van der Waals surface area contributed by atoms with E-state index < -0.39 is 0 Å². The second-order valence-corrected chi connectivity index (χ2v) is 4.20. The molecule has 0 aliphatic carbocycles. The van der Waals surface area contributed by atoms with Crippen molar-refractivity contribution in [3.8, 4) is 0 Å². The van der Waals surface area contributed by atoms with Crippen LogP contribution >= 0.6 is 0 Å². The van der Waals surface area contributed by atoms with E-state index in [9.17, 15) is 0 Å².